The van der Waals surface area contributed by atoms with Crippen molar-refractivity contribution in [2.75, 3.05) is 0 Å². The number of hydrogen-bond donors (Lipinski definition) is 2. The maximum absolute atomic E-state index is 11.8. The van der Waals surface area contributed by atoms with Crippen molar-refractivity contribution in [1.29, 1.82) is 0 Å². The van der Waals surface area contributed by atoms with E-state index in [1.807, 2.05) is 0 Å². The van der Waals surface area contributed by atoms with Gasteiger partial charge in [0.25, 0.3) is 5.56 Å². The number of aromatic nitrogens is 1. The molecule has 6 nitrogen and oxygen atoms in total. The zero-order chi connectivity index (χ0) is 14.0. The first kappa shape index (κ1) is 13.8. The fourth-order valence-electron chi connectivity index (χ4n) is 1.81. The molecule has 0 bridgehead atoms. The number of nitrogens with one attached hydrogen (secondary N) is 1. The van der Waals surface area contributed by atoms with Crippen LogP contribution >= 0.6 is 15.9 Å². The molecule has 2 rings (SSSR count). The standard InChI is InChI=1S/C12H13BrN2O4/c13-8-3-4-10(17)15(5-8)6-9(16)14-11(12(18)19)7-1-2-7/h3-5,7,11H,1-2,6H2,(H,14,16)(H,18,19). The number of amides is 1. The second-order valence-electron chi connectivity index (χ2n) is 4.53. The number of aliphatic carboxylic acids is 1. The molecule has 0 radical (unpaired) electrons. The van der Waals surface area contributed by atoms with E-state index in [4.69, 9.17) is 5.11 Å². The molecule has 7 heteroatoms. The molecule has 1 heterocycles. The maximum Gasteiger partial charge on any atom is 0.326 e. The summed E-state index contributed by atoms with van der Waals surface area (Å²) in [6, 6.07) is 2.07. The van der Waals surface area contributed by atoms with Crippen molar-refractivity contribution in [3.63, 3.8) is 0 Å². The second kappa shape index (κ2) is 5.56. The van der Waals surface area contributed by atoms with Crippen molar-refractivity contribution < 1.29 is 14.7 Å². The highest BCUT2D eigenvalue weighted by atomic mass is 79.9. The van der Waals surface area contributed by atoms with Gasteiger partial charge < -0.3 is 15.0 Å². The van der Waals surface area contributed by atoms with Gasteiger partial charge in [-0.25, -0.2) is 4.79 Å². The van der Waals surface area contributed by atoms with E-state index in [1.54, 1.807) is 6.07 Å². The molecule has 1 aromatic heterocycles. The summed E-state index contributed by atoms with van der Waals surface area (Å²) in [4.78, 5) is 34.3. The van der Waals surface area contributed by atoms with Crippen molar-refractivity contribution in [2.24, 2.45) is 5.92 Å². The average molecular weight is 329 g/mol. The summed E-state index contributed by atoms with van der Waals surface area (Å²) in [6.45, 7) is -0.186. The molecule has 1 aromatic rings. The van der Waals surface area contributed by atoms with Crippen molar-refractivity contribution in [3.8, 4) is 0 Å². The van der Waals surface area contributed by atoms with Gasteiger partial charge >= 0.3 is 5.97 Å². The van der Waals surface area contributed by atoms with Gasteiger partial charge in [0.2, 0.25) is 5.91 Å². The number of hydrogen-bond acceptors (Lipinski definition) is 3. The van der Waals surface area contributed by atoms with E-state index in [1.165, 1.54) is 16.8 Å². The van der Waals surface area contributed by atoms with Crippen LogP contribution in [0.2, 0.25) is 0 Å². The summed E-state index contributed by atoms with van der Waals surface area (Å²) in [5, 5.41) is 11.5. The molecule has 1 amide bonds. The Hall–Kier alpha value is -1.63. The normalized spacial score (nSPS) is 15.8. The molecule has 0 aliphatic heterocycles. The van der Waals surface area contributed by atoms with Gasteiger partial charge in [0.15, 0.2) is 0 Å². The molecule has 0 spiro atoms. The third-order valence-corrected chi connectivity index (χ3v) is 3.41. The number of nitrogens with zero attached hydrogens (tertiary/aromatic N) is 1. The quantitative estimate of drug-likeness (QED) is 0.828. The van der Waals surface area contributed by atoms with Gasteiger partial charge in [-0.05, 0) is 40.8 Å². The summed E-state index contributed by atoms with van der Waals surface area (Å²) < 4.78 is 1.91. The van der Waals surface area contributed by atoms with Crippen LogP contribution in [-0.2, 0) is 16.1 Å². The van der Waals surface area contributed by atoms with Crippen molar-refractivity contribution in [2.45, 2.75) is 25.4 Å². The number of halogens is 1. The summed E-state index contributed by atoms with van der Waals surface area (Å²) >= 11 is 3.21. The van der Waals surface area contributed by atoms with E-state index in [2.05, 4.69) is 21.2 Å². The Labute approximate surface area is 117 Å². The lowest BCUT2D eigenvalue weighted by molar-refractivity contribution is -0.142. The number of pyridine rings is 1. The molecule has 1 aliphatic carbocycles. The summed E-state index contributed by atoms with van der Waals surface area (Å²) in [5.74, 6) is -1.49. The summed E-state index contributed by atoms with van der Waals surface area (Å²) in [6.07, 6.45) is 3.12. The lowest BCUT2D eigenvalue weighted by atomic mass is 10.2. The monoisotopic (exact) mass is 328 g/mol. The fraction of sp³-hybridized carbons (Fsp3) is 0.417. The van der Waals surface area contributed by atoms with Crippen LogP contribution in [-0.4, -0.2) is 27.6 Å². The number of carbonyl (C=O) groups excluding carboxylic acids is 1. The van der Waals surface area contributed by atoms with Crippen LogP contribution < -0.4 is 10.9 Å². The van der Waals surface area contributed by atoms with Crippen LogP contribution in [0.15, 0.2) is 27.6 Å². The minimum Gasteiger partial charge on any atom is -0.480 e. The highest BCUT2D eigenvalue weighted by Gasteiger charge is 2.37. The molecule has 0 saturated heterocycles. The first-order valence-corrected chi connectivity index (χ1v) is 6.65. The first-order chi connectivity index (χ1) is 8.97. The van der Waals surface area contributed by atoms with Crippen molar-refractivity contribution in [3.05, 3.63) is 33.2 Å². The minimum atomic E-state index is -1.03. The van der Waals surface area contributed by atoms with E-state index in [-0.39, 0.29) is 18.0 Å². The molecule has 1 atom stereocenters. The van der Waals surface area contributed by atoms with Gasteiger partial charge in [-0.15, -0.1) is 0 Å². The van der Waals surface area contributed by atoms with Crippen LogP contribution in [0.4, 0.5) is 0 Å². The average Bonchev–Trinajstić information content (AvgIpc) is 3.14. The lowest BCUT2D eigenvalue weighted by Crippen LogP contribution is -2.44. The van der Waals surface area contributed by atoms with E-state index in [0.717, 1.165) is 12.8 Å². The molecule has 1 saturated carbocycles. The van der Waals surface area contributed by atoms with Crippen LogP contribution in [0, 0.1) is 5.92 Å². The van der Waals surface area contributed by atoms with Crippen LogP contribution in [0.3, 0.4) is 0 Å². The van der Waals surface area contributed by atoms with E-state index < -0.39 is 17.9 Å². The van der Waals surface area contributed by atoms with Gasteiger partial charge in [-0.3, -0.25) is 9.59 Å². The Morgan fingerprint density at radius 3 is 2.74 bits per heavy atom. The third-order valence-electron chi connectivity index (χ3n) is 2.94. The largest absolute Gasteiger partial charge is 0.480 e. The van der Waals surface area contributed by atoms with Crippen LogP contribution in [0.5, 0.6) is 0 Å². The summed E-state index contributed by atoms with van der Waals surface area (Å²) in [5.41, 5.74) is -0.309. The molecule has 102 valence electrons. The molecule has 1 aliphatic rings. The zero-order valence-electron chi connectivity index (χ0n) is 10.0. The summed E-state index contributed by atoms with van der Waals surface area (Å²) in [7, 11) is 0. The fourth-order valence-corrected chi connectivity index (χ4v) is 2.19. The third kappa shape index (κ3) is 3.66. The van der Waals surface area contributed by atoms with E-state index in [0.29, 0.717) is 4.47 Å². The van der Waals surface area contributed by atoms with Gasteiger partial charge in [-0.2, -0.15) is 0 Å². The Morgan fingerprint density at radius 2 is 2.16 bits per heavy atom. The number of carbonyl (C=O) groups is 2. The lowest BCUT2D eigenvalue weighted by Gasteiger charge is -2.14. The van der Waals surface area contributed by atoms with Gasteiger partial charge in [0.05, 0.1) is 0 Å². The van der Waals surface area contributed by atoms with Crippen LogP contribution in [0.1, 0.15) is 12.8 Å². The number of carboxylic acid groups (broad SMARTS) is 1. The minimum absolute atomic E-state index is 0.0145. The molecule has 2 N–H and O–H groups in total. The second-order valence-corrected chi connectivity index (χ2v) is 5.45. The van der Waals surface area contributed by atoms with Gasteiger partial charge in [0, 0.05) is 16.7 Å². The first-order valence-electron chi connectivity index (χ1n) is 5.85. The van der Waals surface area contributed by atoms with Gasteiger partial charge in [-0.1, -0.05) is 0 Å². The highest BCUT2D eigenvalue weighted by molar-refractivity contribution is 9.10. The molecular weight excluding hydrogens is 316 g/mol. The predicted molar refractivity (Wildman–Crippen MR) is 70.7 cm³/mol. The molecule has 0 aromatic carbocycles. The Bertz CT molecular complexity index is 565. The number of carboxylic acids is 1. The Kier molecular flexibility index (Phi) is 4.04. The van der Waals surface area contributed by atoms with E-state index in [9.17, 15) is 14.4 Å². The zero-order valence-corrected chi connectivity index (χ0v) is 11.6. The molecule has 19 heavy (non-hydrogen) atoms. The van der Waals surface area contributed by atoms with Crippen molar-refractivity contribution in [1.82, 2.24) is 9.88 Å². The van der Waals surface area contributed by atoms with Gasteiger partial charge in [0.1, 0.15) is 12.6 Å². The smallest absolute Gasteiger partial charge is 0.326 e. The van der Waals surface area contributed by atoms with E-state index >= 15 is 0 Å². The highest BCUT2D eigenvalue weighted by Crippen LogP contribution is 2.32. The SMILES string of the molecule is O=C(Cn1cc(Br)ccc1=O)NC(C(=O)O)C1CC1. The number of rotatable bonds is 5. The van der Waals surface area contributed by atoms with Crippen LogP contribution in [0.25, 0.3) is 0 Å². The Morgan fingerprint density at radius 1 is 1.47 bits per heavy atom. The van der Waals surface area contributed by atoms with Crippen molar-refractivity contribution >= 4 is 27.8 Å². The molecule has 1 unspecified atom stereocenters. The maximum atomic E-state index is 11.8. The topological polar surface area (TPSA) is 88.4 Å². The molecular formula is C12H13BrN2O4. The molecule has 1 fully saturated rings. The predicted octanol–water partition coefficient (Wildman–Crippen LogP) is 0.590. The Balaban J connectivity index is 2.02.